The zero-order valence-corrected chi connectivity index (χ0v) is 12.4. The van der Waals surface area contributed by atoms with Crippen LogP contribution >= 0.6 is 15.9 Å². The van der Waals surface area contributed by atoms with Crippen LogP contribution in [0.25, 0.3) is 0 Å². The highest BCUT2D eigenvalue weighted by Crippen LogP contribution is 2.34. The van der Waals surface area contributed by atoms with Gasteiger partial charge in [0.2, 0.25) is 0 Å². The number of hydrogen-bond donors (Lipinski definition) is 1. The number of anilines is 1. The average molecular weight is 332 g/mol. The van der Waals surface area contributed by atoms with Gasteiger partial charge in [0.1, 0.15) is 0 Å². The molecule has 102 valence electrons. The zero-order chi connectivity index (χ0) is 14.1. The molecule has 1 saturated heterocycles. The van der Waals surface area contributed by atoms with Crippen molar-refractivity contribution in [2.75, 3.05) is 18.0 Å². The van der Waals surface area contributed by atoms with Crippen LogP contribution in [0.5, 0.6) is 0 Å². The SMILES string of the molecule is O=C(O)c1cc(Br)ccc1N1CC(c2ccccc2)C1. The third kappa shape index (κ3) is 2.43. The molecule has 1 heterocycles. The lowest BCUT2D eigenvalue weighted by molar-refractivity contribution is 0.0697. The Kier molecular flexibility index (Phi) is 3.49. The summed E-state index contributed by atoms with van der Waals surface area (Å²) in [6, 6.07) is 15.8. The molecule has 0 atom stereocenters. The molecule has 2 aromatic rings. The highest BCUT2D eigenvalue weighted by Gasteiger charge is 2.30. The molecule has 0 aliphatic carbocycles. The second-order valence-corrected chi connectivity index (χ2v) is 5.89. The van der Waals surface area contributed by atoms with Gasteiger partial charge >= 0.3 is 5.97 Å². The lowest BCUT2D eigenvalue weighted by atomic mass is 9.90. The van der Waals surface area contributed by atoms with Gasteiger partial charge in [-0.2, -0.15) is 0 Å². The molecule has 3 rings (SSSR count). The van der Waals surface area contributed by atoms with E-state index in [-0.39, 0.29) is 0 Å². The van der Waals surface area contributed by atoms with Crippen LogP contribution in [0.4, 0.5) is 5.69 Å². The Morgan fingerprint density at radius 1 is 1.15 bits per heavy atom. The molecule has 1 fully saturated rings. The molecule has 0 aromatic heterocycles. The van der Waals surface area contributed by atoms with Crippen LogP contribution in [0.1, 0.15) is 21.8 Å². The first-order valence-electron chi connectivity index (χ1n) is 6.48. The lowest BCUT2D eigenvalue weighted by Crippen LogP contribution is -2.45. The number of carbonyl (C=O) groups is 1. The van der Waals surface area contributed by atoms with Crippen molar-refractivity contribution in [3.05, 3.63) is 64.1 Å². The van der Waals surface area contributed by atoms with Crippen LogP contribution in [0.2, 0.25) is 0 Å². The van der Waals surface area contributed by atoms with E-state index in [4.69, 9.17) is 0 Å². The fourth-order valence-electron chi connectivity index (χ4n) is 2.57. The largest absolute Gasteiger partial charge is 0.478 e. The highest BCUT2D eigenvalue weighted by molar-refractivity contribution is 9.10. The first-order chi connectivity index (χ1) is 9.65. The minimum Gasteiger partial charge on any atom is -0.478 e. The number of nitrogens with zero attached hydrogens (tertiary/aromatic N) is 1. The van der Waals surface area contributed by atoms with Crippen molar-refractivity contribution < 1.29 is 9.90 Å². The first kappa shape index (κ1) is 13.2. The molecule has 0 bridgehead atoms. The maximum absolute atomic E-state index is 11.3. The molecule has 0 saturated carbocycles. The number of rotatable bonds is 3. The smallest absolute Gasteiger partial charge is 0.337 e. The van der Waals surface area contributed by atoms with Gasteiger partial charge in [-0.05, 0) is 23.8 Å². The molecule has 0 amide bonds. The third-order valence-electron chi connectivity index (χ3n) is 3.68. The van der Waals surface area contributed by atoms with Crippen LogP contribution in [0.15, 0.2) is 53.0 Å². The molecular formula is C16H14BrNO2. The minimum atomic E-state index is -0.885. The summed E-state index contributed by atoms with van der Waals surface area (Å²) in [7, 11) is 0. The molecule has 1 N–H and O–H groups in total. The second-order valence-electron chi connectivity index (χ2n) is 4.98. The Hall–Kier alpha value is -1.81. The Bertz CT molecular complexity index is 636. The fourth-order valence-corrected chi connectivity index (χ4v) is 2.93. The van der Waals surface area contributed by atoms with Crippen molar-refractivity contribution in [2.45, 2.75) is 5.92 Å². The van der Waals surface area contributed by atoms with Crippen molar-refractivity contribution in [1.29, 1.82) is 0 Å². The number of benzene rings is 2. The number of hydrogen-bond acceptors (Lipinski definition) is 2. The summed E-state index contributed by atoms with van der Waals surface area (Å²) >= 11 is 3.32. The Balaban J connectivity index is 1.79. The van der Waals surface area contributed by atoms with Crippen LogP contribution in [-0.4, -0.2) is 24.2 Å². The van der Waals surface area contributed by atoms with Crippen LogP contribution in [0, 0.1) is 0 Å². The van der Waals surface area contributed by atoms with Crippen LogP contribution in [-0.2, 0) is 0 Å². The van der Waals surface area contributed by atoms with Gasteiger partial charge < -0.3 is 10.0 Å². The summed E-state index contributed by atoms with van der Waals surface area (Å²) in [5.74, 6) is -0.397. The minimum absolute atomic E-state index is 0.353. The van der Waals surface area contributed by atoms with Gasteiger partial charge in [0.25, 0.3) is 0 Å². The number of aromatic carboxylic acids is 1. The average Bonchev–Trinajstić information content (AvgIpc) is 2.39. The zero-order valence-electron chi connectivity index (χ0n) is 10.8. The molecular weight excluding hydrogens is 318 g/mol. The van der Waals surface area contributed by atoms with Crippen LogP contribution < -0.4 is 4.90 Å². The van der Waals surface area contributed by atoms with Crippen LogP contribution in [0.3, 0.4) is 0 Å². The van der Waals surface area contributed by atoms with E-state index in [9.17, 15) is 9.90 Å². The van der Waals surface area contributed by atoms with Gasteiger partial charge in [-0.1, -0.05) is 46.3 Å². The van der Waals surface area contributed by atoms with E-state index < -0.39 is 5.97 Å². The molecule has 1 aliphatic heterocycles. The Labute approximate surface area is 126 Å². The topological polar surface area (TPSA) is 40.5 Å². The van der Waals surface area contributed by atoms with E-state index in [1.165, 1.54) is 5.56 Å². The van der Waals surface area contributed by atoms with Gasteiger partial charge in [-0.25, -0.2) is 4.79 Å². The van der Waals surface area contributed by atoms with Gasteiger partial charge in [0.05, 0.1) is 11.3 Å². The number of halogens is 1. The first-order valence-corrected chi connectivity index (χ1v) is 7.27. The Morgan fingerprint density at radius 2 is 1.85 bits per heavy atom. The summed E-state index contributed by atoms with van der Waals surface area (Å²) in [5, 5.41) is 9.29. The summed E-state index contributed by atoms with van der Waals surface area (Å²) in [4.78, 5) is 13.4. The monoisotopic (exact) mass is 331 g/mol. The lowest BCUT2D eigenvalue weighted by Gasteiger charge is -2.42. The van der Waals surface area contributed by atoms with Gasteiger partial charge in [0, 0.05) is 23.5 Å². The van der Waals surface area contributed by atoms with E-state index in [1.807, 2.05) is 30.3 Å². The van der Waals surface area contributed by atoms with Gasteiger partial charge in [-0.3, -0.25) is 0 Å². The standard InChI is InChI=1S/C16H14BrNO2/c17-13-6-7-15(14(8-13)16(19)20)18-9-12(10-18)11-4-2-1-3-5-11/h1-8,12H,9-10H2,(H,19,20). The summed E-state index contributed by atoms with van der Waals surface area (Å²) in [6.45, 7) is 1.73. The number of carboxylic acid groups (broad SMARTS) is 1. The second kappa shape index (κ2) is 5.29. The fraction of sp³-hybridized carbons (Fsp3) is 0.188. The predicted octanol–water partition coefficient (Wildman–Crippen LogP) is 3.75. The van der Waals surface area contributed by atoms with Crippen molar-refractivity contribution in [1.82, 2.24) is 0 Å². The van der Waals surface area contributed by atoms with E-state index in [2.05, 4.69) is 33.0 Å². The van der Waals surface area contributed by atoms with Crippen molar-refractivity contribution in [3.63, 3.8) is 0 Å². The molecule has 0 radical (unpaired) electrons. The van der Waals surface area contributed by atoms with Gasteiger partial charge in [0.15, 0.2) is 0 Å². The molecule has 2 aromatic carbocycles. The van der Waals surface area contributed by atoms with Crippen molar-refractivity contribution in [3.8, 4) is 0 Å². The molecule has 3 nitrogen and oxygen atoms in total. The van der Waals surface area contributed by atoms with Crippen molar-refractivity contribution >= 4 is 27.6 Å². The molecule has 1 aliphatic rings. The predicted molar refractivity (Wildman–Crippen MR) is 82.5 cm³/mol. The van der Waals surface area contributed by atoms with E-state index >= 15 is 0 Å². The van der Waals surface area contributed by atoms with Gasteiger partial charge in [-0.15, -0.1) is 0 Å². The van der Waals surface area contributed by atoms with Crippen molar-refractivity contribution in [2.24, 2.45) is 0 Å². The normalized spacial score (nSPS) is 14.9. The third-order valence-corrected chi connectivity index (χ3v) is 4.18. The maximum atomic E-state index is 11.3. The van der Waals surface area contributed by atoms with E-state index in [0.29, 0.717) is 11.5 Å². The summed E-state index contributed by atoms with van der Waals surface area (Å²) < 4.78 is 0.791. The highest BCUT2D eigenvalue weighted by atomic mass is 79.9. The maximum Gasteiger partial charge on any atom is 0.337 e. The summed E-state index contributed by atoms with van der Waals surface area (Å²) in [6.07, 6.45) is 0. The number of carboxylic acids is 1. The summed E-state index contributed by atoms with van der Waals surface area (Å²) in [5.41, 5.74) is 2.47. The van der Waals surface area contributed by atoms with E-state index in [0.717, 1.165) is 23.2 Å². The quantitative estimate of drug-likeness (QED) is 0.931. The molecule has 20 heavy (non-hydrogen) atoms. The Morgan fingerprint density at radius 3 is 2.50 bits per heavy atom. The molecule has 4 heteroatoms. The molecule has 0 unspecified atom stereocenters. The molecule has 0 spiro atoms. The van der Waals surface area contributed by atoms with E-state index in [1.54, 1.807) is 6.07 Å².